The Bertz CT molecular complexity index is 736. The first-order valence-electron chi connectivity index (χ1n) is 5.35. The van der Waals surface area contributed by atoms with Gasteiger partial charge < -0.3 is 15.9 Å². The van der Waals surface area contributed by atoms with Crippen LogP contribution in [0.1, 0.15) is 0 Å². The number of pyridine rings is 1. The van der Waals surface area contributed by atoms with E-state index in [1.165, 1.54) is 0 Å². The van der Waals surface area contributed by atoms with Crippen LogP contribution < -0.4 is 11.5 Å². The molecule has 3 aromatic rings. The first kappa shape index (κ1) is 10.9. The molecule has 4 nitrogen and oxygen atoms in total. The third-order valence-electron chi connectivity index (χ3n) is 2.77. The number of nitrogens with zero attached hydrogens (tertiary/aromatic N) is 1. The molecule has 1 aromatic carbocycles. The van der Waals surface area contributed by atoms with Crippen molar-refractivity contribution < 1.29 is 4.42 Å². The van der Waals surface area contributed by atoms with Crippen LogP contribution >= 0.6 is 11.6 Å². The van der Waals surface area contributed by atoms with E-state index in [9.17, 15) is 0 Å². The molecule has 0 saturated heterocycles. The Morgan fingerprint density at radius 2 is 2.00 bits per heavy atom. The number of benzene rings is 1. The number of hydrogen-bond donors (Lipinski definition) is 2. The zero-order valence-corrected chi connectivity index (χ0v) is 10.1. The lowest BCUT2D eigenvalue weighted by molar-refractivity contribution is 0.638. The summed E-state index contributed by atoms with van der Waals surface area (Å²) in [5.41, 5.74) is 14.1. The summed E-state index contributed by atoms with van der Waals surface area (Å²) >= 11 is 5.97. The average molecular weight is 260 g/mol. The summed E-state index contributed by atoms with van der Waals surface area (Å²) in [5.74, 6) is 0.210. The van der Waals surface area contributed by atoms with E-state index in [0.29, 0.717) is 22.0 Å². The molecule has 3 rings (SSSR count). The Labute approximate surface area is 108 Å². The molecule has 0 radical (unpaired) electrons. The molecule has 4 N–H and O–H groups in total. The highest BCUT2D eigenvalue weighted by Gasteiger charge is 2.14. The minimum absolute atomic E-state index is 0.210. The highest BCUT2D eigenvalue weighted by Crippen LogP contribution is 2.35. The van der Waals surface area contributed by atoms with Crippen LogP contribution in [0.3, 0.4) is 0 Å². The van der Waals surface area contributed by atoms with Gasteiger partial charge in [0.1, 0.15) is 11.4 Å². The number of fused-ring (bicyclic) bond motifs is 1. The van der Waals surface area contributed by atoms with Gasteiger partial charge in [-0.3, -0.25) is 4.98 Å². The minimum Gasteiger partial charge on any atom is -0.436 e. The summed E-state index contributed by atoms with van der Waals surface area (Å²) in [6, 6.07) is 9.16. The van der Waals surface area contributed by atoms with Crippen LogP contribution in [0.5, 0.6) is 0 Å². The van der Waals surface area contributed by atoms with Gasteiger partial charge in [-0.1, -0.05) is 23.7 Å². The molecule has 90 valence electrons. The van der Waals surface area contributed by atoms with Gasteiger partial charge in [-0.05, 0) is 18.2 Å². The number of anilines is 2. The minimum atomic E-state index is 0.210. The molecule has 2 aromatic heterocycles. The smallest absolute Gasteiger partial charge is 0.214 e. The van der Waals surface area contributed by atoms with Crippen molar-refractivity contribution in [3.63, 3.8) is 0 Å². The van der Waals surface area contributed by atoms with Gasteiger partial charge >= 0.3 is 0 Å². The summed E-state index contributed by atoms with van der Waals surface area (Å²) in [6.45, 7) is 0. The first-order valence-corrected chi connectivity index (χ1v) is 5.73. The monoisotopic (exact) mass is 259 g/mol. The summed E-state index contributed by atoms with van der Waals surface area (Å²) in [6.07, 6.45) is 1.67. The van der Waals surface area contributed by atoms with Gasteiger partial charge in [0.15, 0.2) is 5.58 Å². The second-order valence-electron chi connectivity index (χ2n) is 3.93. The highest BCUT2D eigenvalue weighted by atomic mass is 35.5. The Morgan fingerprint density at radius 1 is 1.17 bits per heavy atom. The lowest BCUT2D eigenvalue weighted by atomic mass is 10.1. The lowest BCUT2D eigenvalue weighted by Gasteiger charge is -2.01. The fourth-order valence-corrected chi connectivity index (χ4v) is 2.09. The average Bonchev–Trinajstić information content (AvgIpc) is 2.65. The second-order valence-corrected chi connectivity index (χ2v) is 4.36. The molecule has 18 heavy (non-hydrogen) atoms. The van der Waals surface area contributed by atoms with Crippen molar-refractivity contribution in [2.75, 3.05) is 11.5 Å². The molecule has 0 fully saturated rings. The standard InChI is InChI=1S/C13H10ClN3O/c14-8-3-1-2-7(6-8)11-12-9(4-5-17-11)10(15)13(16)18-12/h1-6H,15-16H2. The molecule has 0 spiro atoms. The molecule has 0 atom stereocenters. The van der Waals surface area contributed by atoms with Crippen LogP contribution in [0, 0.1) is 0 Å². The van der Waals surface area contributed by atoms with E-state index >= 15 is 0 Å². The zero-order valence-electron chi connectivity index (χ0n) is 9.35. The number of aromatic nitrogens is 1. The molecule has 2 heterocycles. The van der Waals surface area contributed by atoms with E-state index in [2.05, 4.69) is 4.98 Å². The highest BCUT2D eigenvalue weighted by molar-refractivity contribution is 6.30. The van der Waals surface area contributed by atoms with E-state index in [1.54, 1.807) is 18.3 Å². The number of rotatable bonds is 1. The third kappa shape index (κ3) is 1.58. The van der Waals surface area contributed by atoms with E-state index in [0.717, 1.165) is 10.9 Å². The molecular formula is C13H10ClN3O. The number of halogens is 1. The van der Waals surface area contributed by atoms with E-state index in [1.807, 2.05) is 18.2 Å². The largest absolute Gasteiger partial charge is 0.436 e. The number of nitrogen functional groups attached to an aromatic ring is 2. The van der Waals surface area contributed by atoms with Crippen molar-refractivity contribution in [2.24, 2.45) is 0 Å². The Balaban J connectivity index is 2.33. The van der Waals surface area contributed by atoms with Gasteiger partial charge in [0, 0.05) is 22.2 Å². The van der Waals surface area contributed by atoms with Crippen LogP contribution in [0.2, 0.25) is 5.02 Å². The van der Waals surface area contributed by atoms with Crippen molar-refractivity contribution >= 4 is 34.1 Å². The Hall–Kier alpha value is -2.20. The van der Waals surface area contributed by atoms with Crippen molar-refractivity contribution in [1.82, 2.24) is 4.98 Å². The van der Waals surface area contributed by atoms with Crippen molar-refractivity contribution in [2.45, 2.75) is 0 Å². The van der Waals surface area contributed by atoms with Gasteiger partial charge in [-0.2, -0.15) is 0 Å². The molecule has 0 aliphatic rings. The maximum Gasteiger partial charge on any atom is 0.214 e. The predicted octanol–water partition coefficient (Wildman–Crippen LogP) is 3.31. The zero-order chi connectivity index (χ0) is 12.7. The molecule has 0 aliphatic carbocycles. The fourth-order valence-electron chi connectivity index (χ4n) is 1.90. The Morgan fingerprint density at radius 3 is 2.78 bits per heavy atom. The summed E-state index contributed by atoms with van der Waals surface area (Å²) < 4.78 is 5.47. The first-order chi connectivity index (χ1) is 8.66. The molecule has 0 unspecified atom stereocenters. The van der Waals surface area contributed by atoms with Crippen molar-refractivity contribution in [3.8, 4) is 11.3 Å². The maximum atomic E-state index is 5.97. The molecule has 0 amide bonds. The molecule has 0 saturated carbocycles. The lowest BCUT2D eigenvalue weighted by Crippen LogP contribution is -1.89. The van der Waals surface area contributed by atoms with Crippen molar-refractivity contribution in [1.29, 1.82) is 0 Å². The summed E-state index contributed by atoms with van der Waals surface area (Å²) in [5, 5.41) is 1.40. The summed E-state index contributed by atoms with van der Waals surface area (Å²) in [4.78, 5) is 4.31. The van der Waals surface area contributed by atoms with Crippen LogP contribution in [0.25, 0.3) is 22.2 Å². The van der Waals surface area contributed by atoms with E-state index in [-0.39, 0.29) is 5.88 Å². The second kappa shape index (κ2) is 3.92. The SMILES string of the molecule is Nc1oc2c(-c3cccc(Cl)c3)nccc2c1N. The van der Waals surface area contributed by atoms with Crippen LogP contribution in [-0.2, 0) is 0 Å². The van der Waals surface area contributed by atoms with Gasteiger partial charge in [0.05, 0.1) is 0 Å². The maximum absolute atomic E-state index is 5.97. The number of furan rings is 1. The van der Waals surface area contributed by atoms with E-state index in [4.69, 9.17) is 27.5 Å². The van der Waals surface area contributed by atoms with Crippen LogP contribution in [0.4, 0.5) is 11.6 Å². The topological polar surface area (TPSA) is 78.1 Å². The predicted molar refractivity (Wildman–Crippen MR) is 73.3 cm³/mol. The molecule has 5 heteroatoms. The normalized spacial score (nSPS) is 10.9. The van der Waals surface area contributed by atoms with Crippen LogP contribution in [-0.4, -0.2) is 4.98 Å². The number of hydrogen-bond acceptors (Lipinski definition) is 4. The van der Waals surface area contributed by atoms with Gasteiger partial charge in [0.25, 0.3) is 0 Å². The fraction of sp³-hybridized carbons (Fsp3) is 0. The Kier molecular flexibility index (Phi) is 2.38. The van der Waals surface area contributed by atoms with E-state index < -0.39 is 0 Å². The van der Waals surface area contributed by atoms with Gasteiger partial charge in [-0.25, -0.2) is 0 Å². The summed E-state index contributed by atoms with van der Waals surface area (Å²) in [7, 11) is 0. The molecule has 0 aliphatic heterocycles. The van der Waals surface area contributed by atoms with Gasteiger partial charge in [-0.15, -0.1) is 0 Å². The van der Waals surface area contributed by atoms with Gasteiger partial charge in [0.2, 0.25) is 5.88 Å². The van der Waals surface area contributed by atoms with Crippen molar-refractivity contribution in [3.05, 3.63) is 41.6 Å². The molecule has 0 bridgehead atoms. The third-order valence-corrected chi connectivity index (χ3v) is 3.01. The molecular weight excluding hydrogens is 250 g/mol. The van der Waals surface area contributed by atoms with Crippen LogP contribution in [0.15, 0.2) is 40.9 Å². The quantitative estimate of drug-likeness (QED) is 0.703. The number of nitrogens with two attached hydrogens (primary N) is 2.